The molecule has 0 aromatic rings. The Kier molecular flexibility index (Phi) is 16.5. The molecule has 1 nitrogen and oxygen atoms in total. The van der Waals surface area contributed by atoms with Crippen molar-refractivity contribution >= 4 is 16.8 Å². The lowest BCUT2D eigenvalue weighted by atomic mass is 10.0. The molecular formula is C18H33ClO. The molecule has 0 aliphatic rings. The van der Waals surface area contributed by atoms with E-state index in [2.05, 4.69) is 13.0 Å². The van der Waals surface area contributed by atoms with Gasteiger partial charge in [0.05, 0.1) is 0 Å². The summed E-state index contributed by atoms with van der Waals surface area (Å²) in [5.74, 6) is 0. The fraction of sp³-hybridized carbons (Fsp3) is 0.833. The van der Waals surface area contributed by atoms with E-state index in [-0.39, 0.29) is 5.24 Å². The number of hydrogen-bond donors (Lipinski definition) is 0. The molecule has 20 heavy (non-hydrogen) atoms. The number of rotatable bonds is 15. The van der Waals surface area contributed by atoms with Crippen molar-refractivity contribution in [3.63, 3.8) is 0 Å². The van der Waals surface area contributed by atoms with E-state index in [0.29, 0.717) is 6.42 Å². The van der Waals surface area contributed by atoms with Gasteiger partial charge >= 0.3 is 0 Å². The molecule has 2 heteroatoms. The van der Waals surface area contributed by atoms with Crippen LogP contribution in [0, 0.1) is 0 Å². The Morgan fingerprint density at radius 3 is 1.65 bits per heavy atom. The second-order valence-electron chi connectivity index (χ2n) is 5.71. The molecule has 0 aliphatic heterocycles. The Morgan fingerprint density at radius 2 is 1.20 bits per heavy atom. The zero-order valence-corrected chi connectivity index (χ0v) is 14.1. The van der Waals surface area contributed by atoms with Crippen LogP contribution in [0.5, 0.6) is 0 Å². The summed E-state index contributed by atoms with van der Waals surface area (Å²) in [5.41, 5.74) is 0. The number of allylic oxidation sites excluding steroid dienone is 2. The van der Waals surface area contributed by atoms with Crippen LogP contribution in [0.25, 0.3) is 0 Å². The van der Waals surface area contributed by atoms with Crippen LogP contribution in [0.1, 0.15) is 96.8 Å². The van der Waals surface area contributed by atoms with E-state index in [1.807, 2.05) is 6.08 Å². The first-order valence-electron chi connectivity index (χ1n) is 8.60. The van der Waals surface area contributed by atoms with Crippen molar-refractivity contribution in [3.05, 3.63) is 12.2 Å². The standard InChI is InChI=1S/C18H33ClO/c1-2-3-4-5-6-7-8-9-10-11-12-13-14-15-16-17-18(19)20/h15-16H,2-14,17H2,1H3/b16-15+. The van der Waals surface area contributed by atoms with Gasteiger partial charge in [0, 0.05) is 6.42 Å². The Morgan fingerprint density at radius 1 is 0.750 bits per heavy atom. The molecule has 0 aromatic carbocycles. The lowest BCUT2D eigenvalue weighted by molar-refractivity contribution is -0.110. The van der Waals surface area contributed by atoms with Gasteiger partial charge < -0.3 is 0 Å². The average molecular weight is 301 g/mol. The van der Waals surface area contributed by atoms with Gasteiger partial charge in [-0.3, -0.25) is 4.79 Å². The van der Waals surface area contributed by atoms with E-state index in [0.717, 1.165) is 6.42 Å². The number of hydrogen-bond acceptors (Lipinski definition) is 1. The van der Waals surface area contributed by atoms with Crippen LogP contribution in [0.4, 0.5) is 0 Å². The minimum Gasteiger partial charge on any atom is -0.281 e. The molecule has 0 fully saturated rings. The SMILES string of the molecule is CCCCCCCCCCCCCC/C=C/CC(=O)Cl. The van der Waals surface area contributed by atoms with Gasteiger partial charge in [0.2, 0.25) is 5.24 Å². The summed E-state index contributed by atoms with van der Waals surface area (Å²) in [4.78, 5) is 10.5. The molecule has 0 aliphatic carbocycles. The van der Waals surface area contributed by atoms with Gasteiger partial charge in [-0.25, -0.2) is 0 Å². The van der Waals surface area contributed by atoms with Crippen LogP contribution in [0.2, 0.25) is 0 Å². The third-order valence-corrected chi connectivity index (χ3v) is 3.82. The Bertz CT molecular complexity index is 236. The van der Waals surface area contributed by atoms with Crippen molar-refractivity contribution < 1.29 is 4.79 Å². The van der Waals surface area contributed by atoms with Crippen molar-refractivity contribution in [3.8, 4) is 0 Å². The van der Waals surface area contributed by atoms with Gasteiger partial charge in [-0.1, -0.05) is 89.7 Å². The third-order valence-electron chi connectivity index (χ3n) is 3.67. The highest BCUT2D eigenvalue weighted by Crippen LogP contribution is 2.12. The average Bonchev–Trinajstić information content (AvgIpc) is 2.43. The normalized spacial score (nSPS) is 11.3. The zero-order valence-electron chi connectivity index (χ0n) is 13.3. The zero-order chi connectivity index (χ0) is 14.9. The summed E-state index contributed by atoms with van der Waals surface area (Å²) >= 11 is 5.25. The number of carbonyl (C=O) groups excluding carboxylic acids is 1. The first kappa shape index (κ1) is 19.7. The van der Waals surface area contributed by atoms with Gasteiger partial charge in [-0.15, -0.1) is 0 Å². The Hall–Kier alpha value is -0.300. The highest BCUT2D eigenvalue weighted by molar-refractivity contribution is 6.63. The summed E-state index contributed by atoms with van der Waals surface area (Å²) in [6, 6.07) is 0. The molecule has 0 heterocycles. The van der Waals surface area contributed by atoms with Crippen molar-refractivity contribution in [2.24, 2.45) is 0 Å². The van der Waals surface area contributed by atoms with E-state index < -0.39 is 0 Å². The van der Waals surface area contributed by atoms with Gasteiger partial charge in [0.25, 0.3) is 0 Å². The molecule has 0 atom stereocenters. The number of halogens is 1. The Balaban J connectivity index is 3.02. The van der Waals surface area contributed by atoms with Gasteiger partial charge in [-0.05, 0) is 24.4 Å². The maximum Gasteiger partial charge on any atom is 0.225 e. The van der Waals surface area contributed by atoms with Crippen molar-refractivity contribution in [1.29, 1.82) is 0 Å². The van der Waals surface area contributed by atoms with Crippen molar-refractivity contribution in [2.45, 2.75) is 96.8 Å². The molecule has 0 amide bonds. The molecule has 0 radical (unpaired) electrons. The van der Waals surface area contributed by atoms with Crippen LogP contribution in [-0.2, 0) is 4.79 Å². The first-order chi connectivity index (χ1) is 9.77. The minimum absolute atomic E-state index is 0.268. The van der Waals surface area contributed by atoms with E-state index in [1.165, 1.54) is 77.0 Å². The van der Waals surface area contributed by atoms with Gasteiger partial charge in [-0.2, -0.15) is 0 Å². The second-order valence-corrected chi connectivity index (χ2v) is 6.13. The molecule has 0 aromatic heterocycles. The number of unbranched alkanes of at least 4 members (excludes halogenated alkanes) is 12. The molecule has 0 bridgehead atoms. The molecule has 0 unspecified atom stereocenters. The van der Waals surface area contributed by atoms with Crippen LogP contribution < -0.4 is 0 Å². The monoisotopic (exact) mass is 300 g/mol. The lowest BCUT2D eigenvalue weighted by Gasteiger charge is -2.02. The molecule has 0 rings (SSSR count). The molecule has 0 spiro atoms. The summed E-state index contributed by atoms with van der Waals surface area (Å²) in [6.07, 6.45) is 22.0. The minimum atomic E-state index is -0.268. The van der Waals surface area contributed by atoms with E-state index in [4.69, 9.17) is 11.6 Å². The van der Waals surface area contributed by atoms with Crippen LogP contribution >= 0.6 is 11.6 Å². The summed E-state index contributed by atoms with van der Waals surface area (Å²) in [7, 11) is 0. The molecule has 118 valence electrons. The quantitative estimate of drug-likeness (QED) is 0.185. The maximum absolute atomic E-state index is 10.5. The topological polar surface area (TPSA) is 17.1 Å². The van der Waals surface area contributed by atoms with E-state index >= 15 is 0 Å². The highest BCUT2D eigenvalue weighted by Gasteiger charge is 1.93. The van der Waals surface area contributed by atoms with E-state index in [9.17, 15) is 4.79 Å². The van der Waals surface area contributed by atoms with Gasteiger partial charge in [0.15, 0.2) is 0 Å². The first-order valence-corrected chi connectivity index (χ1v) is 8.98. The summed E-state index contributed by atoms with van der Waals surface area (Å²) in [5, 5.41) is -0.268. The van der Waals surface area contributed by atoms with Crippen molar-refractivity contribution in [2.75, 3.05) is 0 Å². The van der Waals surface area contributed by atoms with Gasteiger partial charge in [0.1, 0.15) is 0 Å². The highest BCUT2D eigenvalue weighted by atomic mass is 35.5. The molecular weight excluding hydrogens is 268 g/mol. The predicted octanol–water partition coefficient (Wildman–Crippen LogP) is 6.79. The van der Waals surface area contributed by atoms with Crippen molar-refractivity contribution in [1.82, 2.24) is 0 Å². The molecule has 0 saturated heterocycles. The van der Waals surface area contributed by atoms with E-state index in [1.54, 1.807) is 0 Å². The summed E-state index contributed by atoms with van der Waals surface area (Å²) < 4.78 is 0. The smallest absolute Gasteiger partial charge is 0.225 e. The number of carbonyl (C=O) groups is 1. The van der Waals surface area contributed by atoms with Crippen LogP contribution in [0.3, 0.4) is 0 Å². The summed E-state index contributed by atoms with van der Waals surface area (Å²) in [6.45, 7) is 2.27. The van der Waals surface area contributed by atoms with Crippen LogP contribution in [0.15, 0.2) is 12.2 Å². The molecule has 0 N–H and O–H groups in total. The third kappa shape index (κ3) is 17.7. The molecule has 0 saturated carbocycles. The largest absolute Gasteiger partial charge is 0.281 e. The lowest BCUT2D eigenvalue weighted by Crippen LogP contribution is -1.82. The fourth-order valence-corrected chi connectivity index (χ4v) is 2.49. The van der Waals surface area contributed by atoms with Crippen LogP contribution in [-0.4, -0.2) is 5.24 Å². The fourth-order valence-electron chi connectivity index (χ4n) is 2.40. The Labute approximate surface area is 131 Å². The predicted molar refractivity (Wildman–Crippen MR) is 90.3 cm³/mol. The second kappa shape index (κ2) is 16.8. The maximum atomic E-state index is 10.5.